The van der Waals surface area contributed by atoms with Crippen molar-refractivity contribution < 1.29 is 30.8 Å². The van der Waals surface area contributed by atoms with E-state index >= 15 is 0 Å². The molecule has 2 N–H and O–H groups in total. The Morgan fingerprint density at radius 1 is 0.968 bits per heavy atom. The number of primary sulfonamides is 1. The maximum absolute atomic E-state index is 13.1. The Balaban J connectivity index is 1.82. The van der Waals surface area contributed by atoms with E-state index in [0.29, 0.717) is 6.42 Å². The summed E-state index contributed by atoms with van der Waals surface area (Å²) < 4.78 is 68.6. The van der Waals surface area contributed by atoms with Crippen molar-refractivity contribution in [2.75, 3.05) is 33.3 Å². The van der Waals surface area contributed by atoms with Crippen molar-refractivity contribution in [3.05, 3.63) is 53.8 Å². The van der Waals surface area contributed by atoms with Crippen LogP contribution in [0.15, 0.2) is 52.3 Å². The third-order valence-electron chi connectivity index (χ3n) is 4.92. The van der Waals surface area contributed by atoms with E-state index in [0.717, 1.165) is 18.2 Å². The number of nitrogens with zero attached hydrogens (tertiary/aromatic N) is 2. The Labute approximate surface area is 180 Å². The molecule has 2 aromatic carbocycles. The molecule has 0 aromatic heterocycles. The molecule has 0 atom stereocenters. The maximum Gasteiger partial charge on any atom is 0.257 e. The molecule has 2 aromatic rings. The molecule has 168 valence electrons. The van der Waals surface area contributed by atoms with E-state index in [-0.39, 0.29) is 47.3 Å². The van der Waals surface area contributed by atoms with Gasteiger partial charge < -0.3 is 9.64 Å². The first-order valence-electron chi connectivity index (χ1n) is 9.30. The van der Waals surface area contributed by atoms with E-state index in [2.05, 4.69) is 0 Å². The van der Waals surface area contributed by atoms with Crippen LogP contribution in [0.3, 0.4) is 0 Å². The Bertz CT molecular complexity index is 1180. The van der Waals surface area contributed by atoms with Gasteiger partial charge in [0.05, 0.1) is 22.5 Å². The van der Waals surface area contributed by atoms with E-state index in [1.807, 2.05) is 0 Å². The Kier molecular flexibility index (Phi) is 6.65. The summed E-state index contributed by atoms with van der Waals surface area (Å²) in [6, 6.07) is 8.27. The van der Waals surface area contributed by atoms with Gasteiger partial charge in [-0.1, -0.05) is 0 Å². The molecule has 1 saturated heterocycles. The quantitative estimate of drug-likeness (QED) is 0.694. The SMILES string of the molecule is COc1ccc(S(N)(=O)=O)cc1C(=O)N1CCCN(S(=O)(=O)c2ccc(F)cc2)CC1. The summed E-state index contributed by atoms with van der Waals surface area (Å²) in [6.45, 7) is 0.555. The lowest BCUT2D eigenvalue weighted by Crippen LogP contribution is -2.37. The first-order valence-corrected chi connectivity index (χ1v) is 12.3. The number of carbonyl (C=O) groups is 1. The van der Waals surface area contributed by atoms with Crippen LogP contribution in [0.4, 0.5) is 4.39 Å². The van der Waals surface area contributed by atoms with Gasteiger partial charge in [0.15, 0.2) is 0 Å². The number of halogens is 1. The van der Waals surface area contributed by atoms with Gasteiger partial charge in [0.1, 0.15) is 11.6 Å². The summed E-state index contributed by atoms with van der Waals surface area (Å²) in [4.78, 5) is 14.3. The van der Waals surface area contributed by atoms with Crippen molar-refractivity contribution in [1.82, 2.24) is 9.21 Å². The van der Waals surface area contributed by atoms with Crippen molar-refractivity contribution in [2.24, 2.45) is 5.14 Å². The van der Waals surface area contributed by atoms with Crippen molar-refractivity contribution >= 4 is 26.0 Å². The molecular weight excluding hydrogens is 449 g/mol. The second-order valence-electron chi connectivity index (χ2n) is 6.91. The van der Waals surface area contributed by atoms with Crippen molar-refractivity contribution in [3.63, 3.8) is 0 Å². The first-order chi connectivity index (χ1) is 14.5. The second-order valence-corrected chi connectivity index (χ2v) is 10.4. The molecule has 1 amide bonds. The van der Waals surface area contributed by atoms with Crippen LogP contribution < -0.4 is 9.88 Å². The lowest BCUT2D eigenvalue weighted by molar-refractivity contribution is 0.0760. The van der Waals surface area contributed by atoms with Crippen LogP contribution in [0, 0.1) is 5.82 Å². The van der Waals surface area contributed by atoms with Gasteiger partial charge in [0, 0.05) is 26.2 Å². The van der Waals surface area contributed by atoms with E-state index < -0.39 is 31.8 Å². The second kappa shape index (κ2) is 8.91. The summed E-state index contributed by atoms with van der Waals surface area (Å²) in [7, 11) is -6.52. The summed E-state index contributed by atoms with van der Waals surface area (Å²) in [5.41, 5.74) is 0.0175. The Morgan fingerprint density at radius 3 is 2.23 bits per heavy atom. The van der Waals surface area contributed by atoms with Gasteiger partial charge in [-0.05, 0) is 48.9 Å². The minimum atomic E-state index is -4.02. The lowest BCUT2D eigenvalue weighted by atomic mass is 10.1. The highest BCUT2D eigenvalue weighted by Gasteiger charge is 2.30. The first kappa shape index (κ1) is 23.1. The number of sulfonamides is 2. The highest BCUT2D eigenvalue weighted by atomic mass is 32.2. The summed E-state index contributed by atoms with van der Waals surface area (Å²) >= 11 is 0. The van der Waals surface area contributed by atoms with E-state index in [1.165, 1.54) is 40.6 Å². The van der Waals surface area contributed by atoms with Crippen LogP contribution >= 0.6 is 0 Å². The zero-order chi connectivity index (χ0) is 22.8. The van der Waals surface area contributed by atoms with Gasteiger partial charge in [0.2, 0.25) is 20.0 Å². The topological polar surface area (TPSA) is 127 Å². The number of benzene rings is 2. The largest absolute Gasteiger partial charge is 0.496 e. The van der Waals surface area contributed by atoms with Crippen LogP contribution in [-0.4, -0.2) is 65.2 Å². The van der Waals surface area contributed by atoms with Crippen LogP contribution in [0.5, 0.6) is 5.75 Å². The third kappa shape index (κ3) is 5.03. The van der Waals surface area contributed by atoms with Gasteiger partial charge in [-0.3, -0.25) is 4.79 Å². The number of nitrogens with two attached hydrogens (primary N) is 1. The summed E-state index contributed by atoms with van der Waals surface area (Å²) in [5.74, 6) is -0.858. The molecule has 12 heteroatoms. The van der Waals surface area contributed by atoms with E-state index in [4.69, 9.17) is 9.88 Å². The Hall–Kier alpha value is -2.54. The van der Waals surface area contributed by atoms with Crippen LogP contribution in [-0.2, 0) is 20.0 Å². The molecule has 0 radical (unpaired) electrons. The molecule has 0 aliphatic carbocycles. The van der Waals surface area contributed by atoms with Gasteiger partial charge in [-0.25, -0.2) is 26.4 Å². The third-order valence-corrected chi connectivity index (χ3v) is 7.75. The predicted molar refractivity (Wildman–Crippen MR) is 110 cm³/mol. The number of methoxy groups -OCH3 is 1. The molecular formula is C19H22FN3O6S2. The highest BCUT2D eigenvalue weighted by molar-refractivity contribution is 7.89. The molecule has 3 rings (SSSR count). The molecule has 0 saturated carbocycles. The molecule has 1 aliphatic rings. The van der Waals surface area contributed by atoms with E-state index in [9.17, 15) is 26.0 Å². The summed E-state index contributed by atoms with van der Waals surface area (Å²) in [5, 5.41) is 5.16. The molecule has 1 aliphatic heterocycles. The zero-order valence-electron chi connectivity index (χ0n) is 16.7. The van der Waals surface area contributed by atoms with E-state index in [1.54, 1.807) is 0 Å². The molecule has 0 unspecified atom stereocenters. The number of carbonyl (C=O) groups excluding carboxylic acids is 1. The van der Waals surface area contributed by atoms with Crippen molar-refractivity contribution in [2.45, 2.75) is 16.2 Å². The van der Waals surface area contributed by atoms with Crippen molar-refractivity contribution in [3.8, 4) is 5.75 Å². The van der Waals surface area contributed by atoms with Gasteiger partial charge >= 0.3 is 0 Å². The number of hydrogen-bond acceptors (Lipinski definition) is 6. The number of ether oxygens (including phenoxy) is 1. The lowest BCUT2D eigenvalue weighted by Gasteiger charge is -2.23. The normalized spacial score (nSPS) is 16.0. The zero-order valence-corrected chi connectivity index (χ0v) is 18.3. The standard InChI is InChI=1S/C19H22FN3O6S2/c1-29-18-8-7-16(30(21,25)26)13-17(18)19(24)22-9-2-10-23(12-11-22)31(27,28)15-5-3-14(20)4-6-15/h3-8,13H,2,9-12H2,1H3,(H2,21,25,26). The molecule has 1 fully saturated rings. The fraction of sp³-hybridized carbons (Fsp3) is 0.316. The average molecular weight is 472 g/mol. The van der Waals surface area contributed by atoms with Crippen LogP contribution in [0.2, 0.25) is 0 Å². The number of hydrogen-bond donors (Lipinski definition) is 1. The van der Waals surface area contributed by atoms with Gasteiger partial charge in [0.25, 0.3) is 5.91 Å². The Morgan fingerprint density at radius 2 is 1.61 bits per heavy atom. The molecule has 0 spiro atoms. The number of amides is 1. The van der Waals surface area contributed by atoms with Crippen LogP contribution in [0.1, 0.15) is 16.8 Å². The molecule has 0 bridgehead atoms. The predicted octanol–water partition coefficient (Wildman–Crippen LogP) is 1.02. The number of rotatable bonds is 5. The monoisotopic (exact) mass is 471 g/mol. The minimum absolute atomic E-state index is 0.0175. The van der Waals surface area contributed by atoms with Crippen LogP contribution in [0.25, 0.3) is 0 Å². The smallest absolute Gasteiger partial charge is 0.257 e. The fourth-order valence-electron chi connectivity index (χ4n) is 3.29. The van der Waals surface area contributed by atoms with Gasteiger partial charge in [-0.15, -0.1) is 0 Å². The maximum atomic E-state index is 13.1. The highest BCUT2D eigenvalue weighted by Crippen LogP contribution is 2.25. The molecule has 31 heavy (non-hydrogen) atoms. The molecule has 1 heterocycles. The average Bonchev–Trinajstić information content (AvgIpc) is 2.99. The summed E-state index contributed by atoms with van der Waals surface area (Å²) in [6.07, 6.45) is 0.364. The minimum Gasteiger partial charge on any atom is -0.496 e. The van der Waals surface area contributed by atoms with Gasteiger partial charge in [-0.2, -0.15) is 4.31 Å². The van der Waals surface area contributed by atoms with Crippen molar-refractivity contribution in [1.29, 1.82) is 0 Å². The fourth-order valence-corrected chi connectivity index (χ4v) is 5.30. The molecule has 9 nitrogen and oxygen atoms in total.